The van der Waals surface area contributed by atoms with Crippen LogP contribution in [-0.2, 0) is 0 Å². The van der Waals surface area contributed by atoms with Gasteiger partial charge in [0.25, 0.3) is 5.69 Å². The smallest absolute Gasteiger partial charge is 0.263 e. The minimum atomic E-state index is -0.406. The van der Waals surface area contributed by atoms with Crippen molar-refractivity contribution in [2.75, 3.05) is 0 Å². The fourth-order valence-electron chi connectivity index (χ4n) is 4.03. The molecule has 2 aliphatic heterocycles. The standard InChI is InChI=1S/C22H16FN3O2/c23-18-9-5-4-8-17(18)22-24-19(14-6-2-1-3-7-14)21-20(25(21)22)15-10-12-16(13-11-15)26(27)28/h1-13,20-22H/t20-,21+,22+,25?/m1/s1. The summed E-state index contributed by atoms with van der Waals surface area (Å²) in [5.41, 5.74) is 3.52. The van der Waals surface area contributed by atoms with Crippen LogP contribution < -0.4 is 0 Å². The molecular formula is C22H16FN3O2. The zero-order chi connectivity index (χ0) is 19.3. The SMILES string of the molecule is O=[N+]([O-])c1ccc([C@@H]2[C@@H]3C(c4ccccc4)=N[C@H](c4ccccc4F)N23)cc1. The molecule has 1 unspecified atom stereocenters. The third-order valence-corrected chi connectivity index (χ3v) is 5.37. The summed E-state index contributed by atoms with van der Waals surface area (Å²) in [5, 5.41) is 10.9. The Morgan fingerprint density at radius 3 is 2.25 bits per heavy atom. The molecule has 0 N–H and O–H groups in total. The van der Waals surface area contributed by atoms with Crippen molar-refractivity contribution in [1.29, 1.82) is 0 Å². The first-order valence-electron chi connectivity index (χ1n) is 9.04. The lowest BCUT2D eigenvalue weighted by molar-refractivity contribution is -0.384. The van der Waals surface area contributed by atoms with E-state index in [1.165, 1.54) is 18.2 Å². The molecule has 3 aromatic carbocycles. The van der Waals surface area contributed by atoms with Gasteiger partial charge in [-0.2, -0.15) is 0 Å². The molecule has 6 heteroatoms. The van der Waals surface area contributed by atoms with E-state index < -0.39 is 11.1 Å². The number of halogens is 1. The van der Waals surface area contributed by atoms with E-state index in [1.54, 1.807) is 24.3 Å². The summed E-state index contributed by atoms with van der Waals surface area (Å²) in [6.07, 6.45) is -0.401. The lowest BCUT2D eigenvalue weighted by atomic mass is 10.0. The van der Waals surface area contributed by atoms with Crippen LogP contribution in [0.3, 0.4) is 0 Å². The van der Waals surface area contributed by atoms with Gasteiger partial charge in [0.1, 0.15) is 12.0 Å². The van der Waals surface area contributed by atoms with Gasteiger partial charge in [-0.3, -0.25) is 20.0 Å². The third kappa shape index (κ3) is 2.61. The summed E-state index contributed by atoms with van der Waals surface area (Å²) in [6.45, 7) is 0. The minimum absolute atomic E-state index is 0.0260. The maximum atomic E-state index is 14.5. The molecular weight excluding hydrogens is 357 g/mol. The second-order valence-electron chi connectivity index (χ2n) is 6.96. The highest BCUT2D eigenvalue weighted by molar-refractivity contribution is 6.08. The molecule has 3 aromatic rings. The number of aliphatic imine (C=N–C) groups is 1. The van der Waals surface area contributed by atoms with Gasteiger partial charge in [0.15, 0.2) is 0 Å². The lowest BCUT2D eigenvalue weighted by Crippen LogP contribution is -2.09. The van der Waals surface area contributed by atoms with Crippen molar-refractivity contribution in [3.05, 3.63) is 111 Å². The molecule has 138 valence electrons. The Kier molecular flexibility index (Phi) is 3.80. The lowest BCUT2D eigenvalue weighted by Gasteiger charge is -2.15. The molecule has 4 atom stereocenters. The molecule has 1 saturated heterocycles. The Hall–Kier alpha value is -3.38. The van der Waals surface area contributed by atoms with Crippen molar-refractivity contribution in [2.45, 2.75) is 18.2 Å². The zero-order valence-corrected chi connectivity index (χ0v) is 14.8. The van der Waals surface area contributed by atoms with Crippen LogP contribution in [-0.4, -0.2) is 21.6 Å². The average molecular weight is 373 g/mol. The van der Waals surface area contributed by atoms with Gasteiger partial charge >= 0.3 is 0 Å². The number of rotatable bonds is 4. The van der Waals surface area contributed by atoms with E-state index in [0.29, 0.717) is 5.56 Å². The predicted octanol–water partition coefficient (Wildman–Crippen LogP) is 4.66. The topological polar surface area (TPSA) is 58.5 Å². The summed E-state index contributed by atoms with van der Waals surface area (Å²) in [5.74, 6) is -0.279. The van der Waals surface area contributed by atoms with Crippen LogP contribution in [0.25, 0.3) is 0 Å². The Morgan fingerprint density at radius 2 is 1.57 bits per heavy atom. The van der Waals surface area contributed by atoms with Crippen molar-refractivity contribution in [2.24, 2.45) is 4.99 Å². The molecule has 0 aliphatic carbocycles. The monoisotopic (exact) mass is 373 g/mol. The number of non-ortho nitro benzene ring substituents is 1. The molecule has 28 heavy (non-hydrogen) atoms. The van der Waals surface area contributed by atoms with Gasteiger partial charge in [-0.25, -0.2) is 4.39 Å². The van der Waals surface area contributed by atoms with Crippen molar-refractivity contribution >= 4 is 11.4 Å². The molecule has 5 rings (SSSR count). The molecule has 0 radical (unpaired) electrons. The summed E-state index contributed by atoms with van der Waals surface area (Å²) in [7, 11) is 0. The minimum Gasteiger partial charge on any atom is -0.263 e. The van der Waals surface area contributed by atoms with Crippen LogP contribution in [0.4, 0.5) is 10.1 Å². The Morgan fingerprint density at radius 1 is 0.893 bits per heavy atom. The van der Waals surface area contributed by atoms with Gasteiger partial charge < -0.3 is 0 Å². The number of nitrogens with zero attached hydrogens (tertiary/aromatic N) is 3. The highest BCUT2D eigenvalue weighted by Gasteiger charge is 2.59. The first kappa shape index (κ1) is 16.8. The maximum absolute atomic E-state index is 14.5. The van der Waals surface area contributed by atoms with Gasteiger partial charge in [-0.15, -0.1) is 0 Å². The average Bonchev–Trinajstić information content (AvgIpc) is 3.33. The van der Waals surface area contributed by atoms with Crippen LogP contribution in [0.2, 0.25) is 0 Å². The van der Waals surface area contributed by atoms with Gasteiger partial charge in [0.2, 0.25) is 0 Å². The highest BCUT2D eigenvalue weighted by atomic mass is 19.1. The fraction of sp³-hybridized carbons (Fsp3) is 0.136. The van der Waals surface area contributed by atoms with Crippen LogP contribution in [0.1, 0.15) is 28.9 Å². The van der Waals surface area contributed by atoms with Crippen molar-refractivity contribution in [3.63, 3.8) is 0 Å². The molecule has 0 amide bonds. The number of fused-ring (bicyclic) bond motifs is 1. The van der Waals surface area contributed by atoms with E-state index in [0.717, 1.165) is 16.8 Å². The number of benzene rings is 3. The quantitative estimate of drug-likeness (QED) is 0.380. The maximum Gasteiger partial charge on any atom is 0.269 e. The number of hydrogen-bond acceptors (Lipinski definition) is 4. The molecule has 2 heterocycles. The van der Waals surface area contributed by atoms with E-state index in [2.05, 4.69) is 4.90 Å². The van der Waals surface area contributed by atoms with Crippen molar-refractivity contribution in [3.8, 4) is 0 Å². The summed E-state index contributed by atoms with van der Waals surface area (Å²) in [4.78, 5) is 17.5. The van der Waals surface area contributed by atoms with E-state index in [9.17, 15) is 14.5 Å². The third-order valence-electron chi connectivity index (χ3n) is 5.37. The summed E-state index contributed by atoms with van der Waals surface area (Å²) < 4.78 is 14.5. The molecule has 1 fully saturated rings. The van der Waals surface area contributed by atoms with Crippen LogP contribution in [0, 0.1) is 15.9 Å². The molecule has 0 saturated carbocycles. The summed E-state index contributed by atoms with van der Waals surface area (Å²) >= 11 is 0. The number of hydrogen-bond donors (Lipinski definition) is 0. The van der Waals surface area contributed by atoms with Crippen LogP contribution >= 0.6 is 0 Å². The molecule has 0 bridgehead atoms. The number of nitro benzene ring substituents is 1. The van der Waals surface area contributed by atoms with Crippen molar-refractivity contribution in [1.82, 2.24) is 4.90 Å². The second-order valence-corrected chi connectivity index (χ2v) is 6.96. The Bertz CT molecular complexity index is 1080. The van der Waals surface area contributed by atoms with Crippen LogP contribution in [0.15, 0.2) is 83.9 Å². The molecule has 0 aromatic heterocycles. The molecule has 5 nitrogen and oxygen atoms in total. The fourth-order valence-corrected chi connectivity index (χ4v) is 4.03. The van der Waals surface area contributed by atoms with Gasteiger partial charge in [0, 0.05) is 17.7 Å². The van der Waals surface area contributed by atoms with E-state index in [-0.39, 0.29) is 23.6 Å². The summed E-state index contributed by atoms with van der Waals surface area (Å²) in [6, 6.07) is 23.2. The Balaban J connectivity index is 1.55. The Labute approximate surface area is 160 Å². The largest absolute Gasteiger partial charge is 0.269 e. The van der Waals surface area contributed by atoms with Gasteiger partial charge in [-0.05, 0) is 17.2 Å². The highest BCUT2D eigenvalue weighted by Crippen LogP contribution is 2.56. The van der Waals surface area contributed by atoms with E-state index >= 15 is 0 Å². The van der Waals surface area contributed by atoms with Gasteiger partial charge in [-0.1, -0.05) is 60.7 Å². The van der Waals surface area contributed by atoms with E-state index in [4.69, 9.17) is 4.99 Å². The first-order chi connectivity index (χ1) is 13.6. The predicted molar refractivity (Wildman–Crippen MR) is 104 cm³/mol. The van der Waals surface area contributed by atoms with Gasteiger partial charge in [0.05, 0.1) is 22.7 Å². The van der Waals surface area contributed by atoms with Crippen molar-refractivity contribution < 1.29 is 9.31 Å². The van der Waals surface area contributed by atoms with Crippen LogP contribution in [0.5, 0.6) is 0 Å². The first-order valence-corrected chi connectivity index (χ1v) is 9.04. The molecule has 0 spiro atoms. The zero-order valence-electron chi connectivity index (χ0n) is 14.8. The number of nitro groups is 1. The second kappa shape index (κ2) is 6.35. The molecule has 2 aliphatic rings. The normalized spacial score (nSPS) is 25.1. The van der Waals surface area contributed by atoms with E-state index in [1.807, 2.05) is 36.4 Å².